The summed E-state index contributed by atoms with van der Waals surface area (Å²) in [6.07, 6.45) is 2.91. The minimum atomic E-state index is -1.22. The molecule has 4 N–H and O–H groups in total. The third-order valence-corrected chi connectivity index (χ3v) is 3.41. The van der Waals surface area contributed by atoms with Gasteiger partial charge < -0.3 is 16.2 Å². The minimum absolute atomic E-state index is 0.0493. The van der Waals surface area contributed by atoms with Gasteiger partial charge in [0.1, 0.15) is 5.82 Å². The van der Waals surface area contributed by atoms with Gasteiger partial charge in [-0.2, -0.15) is 0 Å². The van der Waals surface area contributed by atoms with E-state index in [0.717, 1.165) is 18.9 Å². The number of rotatable bonds is 3. The molecule has 0 radical (unpaired) electrons. The van der Waals surface area contributed by atoms with Crippen LogP contribution in [0.1, 0.15) is 36.0 Å². The van der Waals surface area contributed by atoms with Crippen LogP contribution in [0.2, 0.25) is 0 Å². The van der Waals surface area contributed by atoms with Crippen molar-refractivity contribution in [3.63, 3.8) is 0 Å². The van der Waals surface area contributed by atoms with Crippen molar-refractivity contribution in [2.75, 3.05) is 5.32 Å². The van der Waals surface area contributed by atoms with Gasteiger partial charge in [-0.3, -0.25) is 4.79 Å². The molecule has 2 rings (SSSR count). The molecule has 1 aliphatic carbocycles. The summed E-state index contributed by atoms with van der Waals surface area (Å²) >= 11 is 0. The number of nitrogens with one attached hydrogen (secondary N) is 1. The summed E-state index contributed by atoms with van der Waals surface area (Å²) in [6.45, 7) is 0. The van der Waals surface area contributed by atoms with Gasteiger partial charge in [-0.25, -0.2) is 9.18 Å². The first kappa shape index (κ1) is 13.5. The Morgan fingerprint density at radius 1 is 1.32 bits per heavy atom. The number of benzene rings is 1. The largest absolute Gasteiger partial charge is 0.478 e. The molecule has 0 bridgehead atoms. The Kier molecular flexibility index (Phi) is 3.53. The molecule has 6 heteroatoms. The van der Waals surface area contributed by atoms with Gasteiger partial charge in [-0.05, 0) is 31.0 Å². The summed E-state index contributed by atoms with van der Waals surface area (Å²) in [6, 6.07) is 3.34. The zero-order valence-electron chi connectivity index (χ0n) is 10.3. The standard InChI is InChI=1S/C13H15FN2O3/c14-9-7-8(11(17)18)3-4-10(9)16-12(19)13(15)5-1-2-6-13/h3-4,7H,1-2,5-6,15H2,(H,16,19)(H,17,18). The van der Waals surface area contributed by atoms with E-state index in [4.69, 9.17) is 10.8 Å². The first-order valence-electron chi connectivity index (χ1n) is 6.05. The summed E-state index contributed by atoms with van der Waals surface area (Å²) in [7, 11) is 0. The summed E-state index contributed by atoms with van der Waals surface area (Å²) < 4.78 is 13.7. The van der Waals surface area contributed by atoms with Crippen molar-refractivity contribution >= 4 is 17.6 Å². The van der Waals surface area contributed by atoms with E-state index < -0.39 is 23.2 Å². The van der Waals surface area contributed by atoms with E-state index in [2.05, 4.69) is 5.32 Å². The second-order valence-corrected chi connectivity index (χ2v) is 4.82. The molecule has 1 fully saturated rings. The normalized spacial score (nSPS) is 17.2. The Balaban J connectivity index is 2.15. The fourth-order valence-electron chi connectivity index (χ4n) is 2.23. The number of hydrogen-bond donors (Lipinski definition) is 3. The lowest BCUT2D eigenvalue weighted by atomic mass is 9.98. The lowest BCUT2D eigenvalue weighted by Crippen LogP contribution is -2.48. The number of hydrogen-bond acceptors (Lipinski definition) is 3. The monoisotopic (exact) mass is 266 g/mol. The molecule has 0 spiro atoms. The highest BCUT2D eigenvalue weighted by Gasteiger charge is 2.37. The van der Waals surface area contributed by atoms with Gasteiger partial charge in [0.15, 0.2) is 0 Å². The number of carboxylic acids is 1. The topological polar surface area (TPSA) is 92.4 Å². The van der Waals surface area contributed by atoms with Crippen LogP contribution in [0.15, 0.2) is 18.2 Å². The van der Waals surface area contributed by atoms with Crippen LogP contribution in [0, 0.1) is 5.82 Å². The Morgan fingerprint density at radius 3 is 2.47 bits per heavy atom. The zero-order valence-corrected chi connectivity index (χ0v) is 10.3. The lowest BCUT2D eigenvalue weighted by Gasteiger charge is -2.22. The van der Waals surface area contributed by atoms with Crippen molar-refractivity contribution in [3.8, 4) is 0 Å². The highest BCUT2D eigenvalue weighted by atomic mass is 19.1. The molecule has 0 aliphatic heterocycles. The van der Waals surface area contributed by atoms with E-state index in [0.29, 0.717) is 12.8 Å². The lowest BCUT2D eigenvalue weighted by molar-refractivity contribution is -0.121. The predicted molar refractivity (Wildman–Crippen MR) is 67.4 cm³/mol. The summed E-state index contributed by atoms with van der Waals surface area (Å²) in [5.41, 5.74) is 4.79. The number of aromatic carboxylic acids is 1. The molecule has 102 valence electrons. The predicted octanol–water partition coefficient (Wildman–Crippen LogP) is 1.73. The van der Waals surface area contributed by atoms with Crippen LogP contribution in [-0.4, -0.2) is 22.5 Å². The Bertz CT molecular complexity index is 525. The highest BCUT2D eigenvalue weighted by molar-refractivity contribution is 5.98. The van der Waals surface area contributed by atoms with Crippen molar-refractivity contribution in [1.82, 2.24) is 0 Å². The van der Waals surface area contributed by atoms with Gasteiger partial charge in [0.25, 0.3) is 0 Å². The molecule has 1 aliphatic rings. The average Bonchev–Trinajstić information content (AvgIpc) is 2.80. The summed E-state index contributed by atoms with van der Waals surface area (Å²) in [5.74, 6) is -2.43. The number of carbonyl (C=O) groups excluding carboxylic acids is 1. The number of carboxylic acid groups (broad SMARTS) is 1. The van der Waals surface area contributed by atoms with Crippen LogP contribution in [0.5, 0.6) is 0 Å². The van der Waals surface area contributed by atoms with Crippen molar-refractivity contribution in [3.05, 3.63) is 29.6 Å². The maximum Gasteiger partial charge on any atom is 0.335 e. The van der Waals surface area contributed by atoms with Crippen LogP contribution >= 0.6 is 0 Å². The minimum Gasteiger partial charge on any atom is -0.478 e. The Labute approximate surface area is 109 Å². The third-order valence-electron chi connectivity index (χ3n) is 3.41. The maximum absolute atomic E-state index is 13.7. The van der Waals surface area contributed by atoms with E-state index >= 15 is 0 Å². The molecule has 0 heterocycles. The average molecular weight is 266 g/mol. The molecule has 0 saturated heterocycles. The third kappa shape index (κ3) is 2.73. The maximum atomic E-state index is 13.7. The molecule has 0 unspecified atom stereocenters. The molecule has 19 heavy (non-hydrogen) atoms. The Morgan fingerprint density at radius 2 is 1.95 bits per heavy atom. The number of halogens is 1. The second-order valence-electron chi connectivity index (χ2n) is 4.82. The van der Waals surface area contributed by atoms with Gasteiger partial charge in [0.2, 0.25) is 5.91 Å². The van der Waals surface area contributed by atoms with Gasteiger partial charge in [0, 0.05) is 0 Å². The number of carbonyl (C=O) groups is 2. The molecule has 1 aromatic carbocycles. The van der Waals surface area contributed by atoms with E-state index in [1.54, 1.807) is 0 Å². The molecular formula is C13H15FN2O3. The van der Waals surface area contributed by atoms with E-state index in [1.165, 1.54) is 12.1 Å². The van der Waals surface area contributed by atoms with Gasteiger partial charge >= 0.3 is 5.97 Å². The van der Waals surface area contributed by atoms with Crippen molar-refractivity contribution in [1.29, 1.82) is 0 Å². The quantitative estimate of drug-likeness (QED) is 0.776. The van der Waals surface area contributed by atoms with Crippen molar-refractivity contribution < 1.29 is 19.1 Å². The molecular weight excluding hydrogens is 251 g/mol. The zero-order chi connectivity index (χ0) is 14.0. The molecule has 1 saturated carbocycles. The van der Waals surface area contributed by atoms with E-state index in [-0.39, 0.29) is 11.3 Å². The van der Waals surface area contributed by atoms with Crippen LogP contribution in [0.4, 0.5) is 10.1 Å². The SMILES string of the molecule is NC1(C(=O)Nc2ccc(C(=O)O)cc2F)CCCC1. The summed E-state index contributed by atoms with van der Waals surface area (Å²) in [4.78, 5) is 22.7. The molecule has 1 amide bonds. The fraction of sp³-hybridized carbons (Fsp3) is 0.385. The fourth-order valence-corrected chi connectivity index (χ4v) is 2.23. The number of nitrogens with two attached hydrogens (primary N) is 1. The molecule has 5 nitrogen and oxygen atoms in total. The first-order valence-corrected chi connectivity index (χ1v) is 6.05. The van der Waals surface area contributed by atoms with Gasteiger partial charge in [0.05, 0.1) is 16.8 Å². The van der Waals surface area contributed by atoms with Crippen molar-refractivity contribution in [2.24, 2.45) is 5.73 Å². The van der Waals surface area contributed by atoms with E-state index in [9.17, 15) is 14.0 Å². The number of anilines is 1. The Hall–Kier alpha value is -1.95. The molecule has 0 atom stereocenters. The summed E-state index contributed by atoms with van der Waals surface area (Å²) in [5, 5.41) is 11.1. The second kappa shape index (κ2) is 4.97. The van der Waals surface area contributed by atoms with Crippen LogP contribution in [-0.2, 0) is 4.79 Å². The van der Waals surface area contributed by atoms with E-state index in [1.807, 2.05) is 0 Å². The van der Waals surface area contributed by atoms with Crippen LogP contribution in [0.25, 0.3) is 0 Å². The molecule has 1 aromatic rings. The van der Waals surface area contributed by atoms with Crippen LogP contribution in [0.3, 0.4) is 0 Å². The van der Waals surface area contributed by atoms with Crippen LogP contribution < -0.4 is 11.1 Å². The molecule has 0 aromatic heterocycles. The van der Waals surface area contributed by atoms with Gasteiger partial charge in [-0.1, -0.05) is 12.8 Å². The van der Waals surface area contributed by atoms with Crippen molar-refractivity contribution in [2.45, 2.75) is 31.2 Å². The first-order chi connectivity index (χ1) is 8.92. The highest BCUT2D eigenvalue weighted by Crippen LogP contribution is 2.29. The smallest absolute Gasteiger partial charge is 0.335 e. The number of amides is 1. The van der Waals surface area contributed by atoms with Gasteiger partial charge in [-0.15, -0.1) is 0 Å².